The summed E-state index contributed by atoms with van der Waals surface area (Å²) in [5.74, 6) is 0.599. The molecule has 0 aromatic heterocycles. The van der Waals surface area contributed by atoms with E-state index in [1.165, 1.54) is 0 Å². The molecule has 1 saturated carbocycles. The normalized spacial score (nSPS) is 19.8. The van der Waals surface area contributed by atoms with E-state index in [1.54, 1.807) is 26.4 Å². The first kappa shape index (κ1) is 23.5. The molecule has 178 valence electrons. The van der Waals surface area contributed by atoms with Gasteiger partial charge in [0.1, 0.15) is 11.5 Å². The van der Waals surface area contributed by atoms with Gasteiger partial charge >= 0.3 is 0 Å². The molecular formula is C27H30N2O5. The molecule has 2 aliphatic rings. The molecule has 1 fully saturated rings. The number of methoxy groups -OCH3 is 2. The molecule has 7 nitrogen and oxygen atoms in total. The first-order chi connectivity index (χ1) is 16.5. The van der Waals surface area contributed by atoms with Crippen molar-refractivity contribution in [3.05, 3.63) is 59.3 Å². The topological polar surface area (TPSA) is 86.2 Å². The first-order valence-corrected chi connectivity index (χ1v) is 11.5. The van der Waals surface area contributed by atoms with E-state index in [1.807, 2.05) is 44.2 Å². The van der Waals surface area contributed by atoms with E-state index in [-0.39, 0.29) is 11.7 Å². The van der Waals surface area contributed by atoms with Crippen molar-refractivity contribution < 1.29 is 23.8 Å². The Kier molecular flexibility index (Phi) is 7.01. The predicted octanol–water partition coefficient (Wildman–Crippen LogP) is 4.92. The van der Waals surface area contributed by atoms with Crippen LogP contribution in [0.25, 0.3) is 0 Å². The maximum atomic E-state index is 13.7. The van der Waals surface area contributed by atoms with Crippen molar-refractivity contribution in [2.45, 2.75) is 39.0 Å². The van der Waals surface area contributed by atoms with Gasteiger partial charge in [-0.25, -0.2) is 0 Å². The highest BCUT2D eigenvalue weighted by atomic mass is 16.5. The smallest absolute Gasteiger partial charge is 0.254 e. The van der Waals surface area contributed by atoms with Gasteiger partial charge in [-0.05, 0) is 56.5 Å². The monoisotopic (exact) mass is 462 g/mol. The van der Waals surface area contributed by atoms with Crippen LogP contribution in [0.15, 0.2) is 58.7 Å². The minimum absolute atomic E-state index is 0.109. The fraction of sp³-hybridized carbons (Fsp3) is 0.370. The van der Waals surface area contributed by atoms with Crippen LogP contribution in [0.2, 0.25) is 0 Å². The number of para-hydroxylation sites is 2. The Labute approximate surface area is 199 Å². The largest absolute Gasteiger partial charge is 0.495 e. The van der Waals surface area contributed by atoms with Crippen LogP contribution in [-0.4, -0.2) is 38.2 Å². The summed E-state index contributed by atoms with van der Waals surface area (Å²) >= 11 is 0. The van der Waals surface area contributed by atoms with E-state index in [4.69, 9.17) is 19.2 Å². The summed E-state index contributed by atoms with van der Waals surface area (Å²) < 4.78 is 16.6. The second-order valence-corrected chi connectivity index (χ2v) is 8.38. The maximum Gasteiger partial charge on any atom is 0.254 e. The molecule has 1 N–H and O–H groups in total. The van der Waals surface area contributed by atoms with Gasteiger partial charge in [0, 0.05) is 29.3 Å². The zero-order valence-electron chi connectivity index (χ0n) is 20.0. The average Bonchev–Trinajstić information content (AvgIpc) is 2.84. The molecule has 0 spiro atoms. The molecule has 7 heteroatoms. The lowest BCUT2D eigenvalue weighted by Gasteiger charge is -2.36. The van der Waals surface area contributed by atoms with Crippen LogP contribution in [-0.2, 0) is 9.59 Å². The molecule has 2 aromatic carbocycles. The summed E-state index contributed by atoms with van der Waals surface area (Å²) in [6.07, 6.45) is 2.01. The number of rotatable bonds is 7. The Morgan fingerprint density at radius 2 is 1.79 bits per heavy atom. The number of nitrogens with zero attached hydrogens (tertiary/aromatic N) is 1. The highest BCUT2D eigenvalue weighted by Gasteiger charge is 2.43. The Balaban J connectivity index is 1.81. The summed E-state index contributed by atoms with van der Waals surface area (Å²) in [6, 6.07) is 12.8. The van der Waals surface area contributed by atoms with E-state index in [2.05, 4.69) is 5.32 Å². The van der Waals surface area contributed by atoms with Crippen LogP contribution < -0.4 is 19.5 Å². The molecule has 1 heterocycles. The van der Waals surface area contributed by atoms with Crippen LogP contribution >= 0.6 is 0 Å². The van der Waals surface area contributed by atoms with Gasteiger partial charge in [0.25, 0.3) is 5.91 Å². The molecule has 4 rings (SSSR count). The number of benzene rings is 2. The minimum Gasteiger partial charge on any atom is -0.495 e. The molecule has 1 amide bonds. The molecule has 1 aliphatic carbocycles. The fourth-order valence-electron chi connectivity index (χ4n) is 4.87. The maximum absolute atomic E-state index is 13.7. The molecule has 0 saturated heterocycles. The Bertz CT molecular complexity index is 1170. The molecule has 34 heavy (non-hydrogen) atoms. The lowest BCUT2D eigenvalue weighted by atomic mass is 9.69. The van der Waals surface area contributed by atoms with Crippen LogP contribution in [0.5, 0.6) is 17.2 Å². The van der Waals surface area contributed by atoms with Crippen LogP contribution in [0.1, 0.15) is 44.6 Å². The number of fused-ring (bicyclic) bond motifs is 1. The fourth-order valence-corrected chi connectivity index (χ4v) is 4.87. The van der Waals surface area contributed by atoms with E-state index in [0.717, 1.165) is 24.1 Å². The van der Waals surface area contributed by atoms with E-state index in [9.17, 15) is 9.59 Å². The molecular weight excluding hydrogens is 432 g/mol. The predicted molar refractivity (Wildman–Crippen MR) is 131 cm³/mol. The van der Waals surface area contributed by atoms with Gasteiger partial charge in [-0.1, -0.05) is 18.2 Å². The summed E-state index contributed by atoms with van der Waals surface area (Å²) in [4.78, 5) is 31.6. The van der Waals surface area contributed by atoms with Gasteiger partial charge in [0.2, 0.25) is 0 Å². The van der Waals surface area contributed by atoms with Crippen molar-refractivity contribution in [2.75, 3.05) is 26.1 Å². The van der Waals surface area contributed by atoms with Crippen LogP contribution in [0.3, 0.4) is 0 Å². The second-order valence-electron chi connectivity index (χ2n) is 8.38. The highest BCUT2D eigenvalue weighted by Crippen LogP contribution is 2.45. The molecule has 1 aliphatic heterocycles. The van der Waals surface area contributed by atoms with Gasteiger partial charge in [-0.2, -0.15) is 0 Å². The van der Waals surface area contributed by atoms with Crippen molar-refractivity contribution in [3.8, 4) is 17.2 Å². The second kappa shape index (κ2) is 10.1. The zero-order chi connectivity index (χ0) is 24.2. The SMILES string of the molecule is CCOc1ccc([C@@H]2C(C(=O)Nc3ccccc3OC)=C(C)N=C3CCCC(=O)C32)cc1OC. The number of ether oxygens (including phenoxy) is 3. The number of hydrogen-bond donors (Lipinski definition) is 1. The van der Waals surface area contributed by atoms with Crippen molar-refractivity contribution in [1.29, 1.82) is 0 Å². The number of amides is 1. The third-order valence-corrected chi connectivity index (χ3v) is 6.35. The number of carbonyl (C=O) groups excluding carboxylic acids is 2. The van der Waals surface area contributed by atoms with E-state index >= 15 is 0 Å². The summed E-state index contributed by atoms with van der Waals surface area (Å²) in [6.45, 7) is 4.24. The standard InChI is InChI=1S/C27H30N2O5/c1-5-34-22-14-13-17(15-23(22)33-4)25-24(16(2)28-19-10-8-11-20(30)26(19)25)27(31)29-18-9-6-7-12-21(18)32-3/h6-7,9,12-15,25-26H,5,8,10-11H2,1-4H3,(H,29,31)/t25-,26?/m1/s1. The third-order valence-electron chi connectivity index (χ3n) is 6.35. The molecule has 2 atom stereocenters. The van der Waals surface area contributed by atoms with Crippen LogP contribution in [0, 0.1) is 5.92 Å². The number of allylic oxidation sites excluding steroid dienone is 1. The van der Waals surface area contributed by atoms with E-state index in [0.29, 0.717) is 47.2 Å². The molecule has 0 radical (unpaired) electrons. The third kappa shape index (κ3) is 4.42. The summed E-state index contributed by atoms with van der Waals surface area (Å²) in [5.41, 5.74) is 3.31. The highest BCUT2D eigenvalue weighted by molar-refractivity contribution is 6.14. The van der Waals surface area contributed by atoms with Crippen molar-refractivity contribution in [2.24, 2.45) is 10.9 Å². The lowest BCUT2D eigenvalue weighted by Crippen LogP contribution is -2.39. The van der Waals surface area contributed by atoms with Gasteiger partial charge in [0.15, 0.2) is 11.5 Å². The number of Topliss-reactive ketones (excluding diaryl/α,β-unsaturated/α-hetero) is 1. The molecule has 1 unspecified atom stereocenters. The van der Waals surface area contributed by atoms with Crippen molar-refractivity contribution in [1.82, 2.24) is 0 Å². The number of aliphatic imine (C=N–C) groups is 1. The zero-order valence-corrected chi connectivity index (χ0v) is 20.0. The number of anilines is 1. The average molecular weight is 463 g/mol. The lowest BCUT2D eigenvalue weighted by molar-refractivity contribution is -0.122. The van der Waals surface area contributed by atoms with Crippen molar-refractivity contribution in [3.63, 3.8) is 0 Å². The van der Waals surface area contributed by atoms with Crippen molar-refractivity contribution >= 4 is 23.1 Å². The van der Waals surface area contributed by atoms with Gasteiger partial charge in [-0.15, -0.1) is 0 Å². The number of carbonyl (C=O) groups is 2. The van der Waals surface area contributed by atoms with Gasteiger partial charge in [0.05, 0.1) is 32.4 Å². The van der Waals surface area contributed by atoms with Crippen LogP contribution in [0.4, 0.5) is 5.69 Å². The number of ketones is 1. The molecule has 2 aromatic rings. The minimum atomic E-state index is -0.474. The summed E-state index contributed by atoms with van der Waals surface area (Å²) in [5, 5.41) is 2.97. The number of nitrogens with one attached hydrogen (secondary N) is 1. The Morgan fingerprint density at radius 1 is 1.03 bits per heavy atom. The van der Waals surface area contributed by atoms with Gasteiger partial charge in [-0.3, -0.25) is 14.6 Å². The molecule has 0 bridgehead atoms. The quantitative estimate of drug-likeness (QED) is 0.631. The van der Waals surface area contributed by atoms with E-state index < -0.39 is 11.8 Å². The first-order valence-electron chi connectivity index (χ1n) is 11.5. The number of hydrogen-bond acceptors (Lipinski definition) is 6. The Hall–Kier alpha value is -3.61. The van der Waals surface area contributed by atoms with Gasteiger partial charge < -0.3 is 19.5 Å². The Morgan fingerprint density at radius 3 is 2.53 bits per heavy atom. The summed E-state index contributed by atoms with van der Waals surface area (Å²) in [7, 11) is 3.14.